The van der Waals surface area contributed by atoms with Crippen LogP contribution in [0.4, 0.5) is 0 Å². The van der Waals surface area contributed by atoms with Crippen molar-refractivity contribution in [3.8, 4) is 0 Å². The second kappa shape index (κ2) is 10.0. The molecule has 0 radical (unpaired) electrons. The summed E-state index contributed by atoms with van der Waals surface area (Å²) in [7, 11) is 0. The molecular weight excluding hydrogens is 330 g/mol. The molecule has 0 aromatic carbocycles. The van der Waals surface area contributed by atoms with Gasteiger partial charge in [-0.05, 0) is 5.41 Å². The van der Waals surface area contributed by atoms with Gasteiger partial charge in [0.05, 0.1) is 0 Å². The lowest BCUT2D eigenvalue weighted by atomic mass is 9.90. The Bertz CT molecular complexity index is 241. The standard InChI is InChI=1S/C16H33N3S3/c1-15-9-17-3-6-20-12-16(2,13-21-7-4-18-10-15)14-22-8-5-19-11-15/h17-19H,3-14H2,1-2H3. The van der Waals surface area contributed by atoms with Crippen molar-refractivity contribution in [2.75, 3.05) is 73.8 Å². The van der Waals surface area contributed by atoms with E-state index in [4.69, 9.17) is 0 Å². The predicted octanol–water partition coefficient (Wildman–Crippen LogP) is 1.99. The minimum absolute atomic E-state index is 0.308. The molecule has 3 nitrogen and oxygen atoms in total. The minimum atomic E-state index is 0.308. The van der Waals surface area contributed by atoms with Gasteiger partial charge in [-0.15, -0.1) is 0 Å². The molecule has 6 heteroatoms. The van der Waals surface area contributed by atoms with Gasteiger partial charge in [0.15, 0.2) is 0 Å². The average molecular weight is 364 g/mol. The Balaban J connectivity index is 2.03. The van der Waals surface area contributed by atoms with Crippen LogP contribution in [0.5, 0.6) is 0 Å². The molecule has 0 saturated carbocycles. The molecule has 3 heterocycles. The maximum absolute atomic E-state index is 3.69. The maximum Gasteiger partial charge on any atom is 0.00583 e. The van der Waals surface area contributed by atoms with Gasteiger partial charge in [0, 0.05) is 79.2 Å². The van der Waals surface area contributed by atoms with Crippen LogP contribution in [-0.4, -0.2) is 73.8 Å². The van der Waals surface area contributed by atoms with E-state index in [0.717, 1.165) is 39.3 Å². The van der Waals surface area contributed by atoms with Crippen molar-refractivity contribution in [3.05, 3.63) is 0 Å². The van der Waals surface area contributed by atoms with Gasteiger partial charge in [0.2, 0.25) is 0 Å². The number of hydrogen-bond acceptors (Lipinski definition) is 6. The first-order valence-corrected chi connectivity index (χ1v) is 11.9. The highest BCUT2D eigenvalue weighted by Crippen LogP contribution is 2.31. The van der Waals surface area contributed by atoms with E-state index in [2.05, 4.69) is 65.1 Å². The number of fused-ring (bicyclic) bond motifs is 15. The van der Waals surface area contributed by atoms with Crippen molar-refractivity contribution in [2.45, 2.75) is 13.8 Å². The summed E-state index contributed by atoms with van der Waals surface area (Å²) >= 11 is 6.43. The summed E-state index contributed by atoms with van der Waals surface area (Å²) in [4.78, 5) is 0. The molecule has 0 unspecified atom stereocenters. The van der Waals surface area contributed by atoms with Crippen LogP contribution in [0.1, 0.15) is 13.8 Å². The monoisotopic (exact) mass is 363 g/mol. The third-order valence-electron chi connectivity index (χ3n) is 4.28. The molecule has 0 atom stereocenters. The second-order valence-electron chi connectivity index (χ2n) is 7.31. The molecule has 3 saturated heterocycles. The average Bonchev–Trinajstić information content (AvgIpc) is 2.49. The molecule has 0 amide bonds. The summed E-state index contributed by atoms with van der Waals surface area (Å²) in [5.74, 6) is 7.61. The first kappa shape index (κ1) is 19.3. The molecule has 0 aliphatic carbocycles. The van der Waals surface area contributed by atoms with Crippen molar-refractivity contribution >= 4 is 35.3 Å². The van der Waals surface area contributed by atoms with E-state index in [0.29, 0.717) is 10.8 Å². The number of nitrogens with one attached hydrogen (secondary N) is 3. The third-order valence-corrected chi connectivity index (χ3v) is 8.46. The van der Waals surface area contributed by atoms with E-state index < -0.39 is 0 Å². The Morgan fingerprint density at radius 2 is 0.955 bits per heavy atom. The van der Waals surface area contributed by atoms with Crippen LogP contribution in [0.25, 0.3) is 0 Å². The molecule has 0 spiro atoms. The molecule has 3 aliphatic heterocycles. The molecule has 22 heavy (non-hydrogen) atoms. The fourth-order valence-corrected chi connectivity index (χ4v) is 6.65. The normalized spacial score (nSPS) is 37.4. The summed E-state index contributed by atoms with van der Waals surface area (Å²) in [5.41, 5.74) is 0.783. The van der Waals surface area contributed by atoms with Gasteiger partial charge in [-0.25, -0.2) is 0 Å². The van der Waals surface area contributed by atoms with Crippen LogP contribution < -0.4 is 16.0 Å². The van der Waals surface area contributed by atoms with E-state index in [1.54, 1.807) is 0 Å². The minimum Gasteiger partial charge on any atom is -0.315 e. The van der Waals surface area contributed by atoms with E-state index in [9.17, 15) is 0 Å². The Morgan fingerprint density at radius 1 is 0.591 bits per heavy atom. The molecule has 130 valence electrons. The van der Waals surface area contributed by atoms with Gasteiger partial charge in [-0.1, -0.05) is 13.8 Å². The first-order chi connectivity index (χ1) is 10.6. The Labute approximate surface area is 149 Å². The van der Waals surface area contributed by atoms with E-state index in [-0.39, 0.29) is 0 Å². The summed E-state index contributed by atoms with van der Waals surface area (Å²) < 4.78 is 0. The molecule has 2 bridgehead atoms. The first-order valence-electron chi connectivity index (χ1n) is 8.47. The van der Waals surface area contributed by atoms with Crippen molar-refractivity contribution in [3.63, 3.8) is 0 Å². The Morgan fingerprint density at radius 3 is 1.32 bits per heavy atom. The lowest BCUT2D eigenvalue weighted by Crippen LogP contribution is -2.48. The van der Waals surface area contributed by atoms with Gasteiger partial charge in [0.1, 0.15) is 0 Å². The van der Waals surface area contributed by atoms with Crippen molar-refractivity contribution in [2.24, 2.45) is 10.8 Å². The van der Waals surface area contributed by atoms with Crippen LogP contribution in [0, 0.1) is 10.8 Å². The van der Waals surface area contributed by atoms with Crippen molar-refractivity contribution in [1.82, 2.24) is 16.0 Å². The highest BCUT2D eigenvalue weighted by atomic mass is 32.2. The summed E-state index contributed by atoms with van der Waals surface area (Å²) in [6.45, 7) is 11.6. The molecule has 0 aromatic heterocycles. The molecule has 3 N–H and O–H groups in total. The van der Waals surface area contributed by atoms with Gasteiger partial charge in [-0.3, -0.25) is 0 Å². The second-order valence-corrected chi connectivity index (χ2v) is 10.6. The SMILES string of the molecule is CC12CNCCSCC(C)(CSCCNC1)CSCCNC2. The number of thioether (sulfide) groups is 3. The summed E-state index contributed by atoms with van der Waals surface area (Å²) in [6.07, 6.45) is 0. The molecule has 3 fully saturated rings. The number of rotatable bonds is 0. The fraction of sp³-hybridized carbons (Fsp3) is 1.00. The van der Waals surface area contributed by atoms with E-state index in [1.165, 1.54) is 34.5 Å². The van der Waals surface area contributed by atoms with Gasteiger partial charge in [-0.2, -0.15) is 35.3 Å². The lowest BCUT2D eigenvalue weighted by molar-refractivity contribution is 0.281. The summed E-state index contributed by atoms with van der Waals surface area (Å²) in [5, 5.41) is 11.1. The zero-order valence-electron chi connectivity index (χ0n) is 14.2. The van der Waals surface area contributed by atoms with Crippen LogP contribution >= 0.6 is 35.3 Å². The van der Waals surface area contributed by atoms with Gasteiger partial charge < -0.3 is 16.0 Å². The molecule has 3 rings (SSSR count). The van der Waals surface area contributed by atoms with E-state index in [1.807, 2.05) is 0 Å². The van der Waals surface area contributed by atoms with Crippen molar-refractivity contribution in [1.29, 1.82) is 0 Å². The smallest absolute Gasteiger partial charge is 0.00583 e. The molecule has 3 aliphatic rings. The van der Waals surface area contributed by atoms with Gasteiger partial charge in [0.25, 0.3) is 0 Å². The highest BCUT2D eigenvalue weighted by molar-refractivity contribution is 8.01. The van der Waals surface area contributed by atoms with Crippen LogP contribution in [0.15, 0.2) is 0 Å². The topological polar surface area (TPSA) is 36.1 Å². The van der Waals surface area contributed by atoms with Crippen LogP contribution in [-0.2, 0) is 0 Å². The fourth-order valence-electron chi connectivity index (χ4n) is 2.87. The summed E-state index contributed by atoms with van der Waals surface area (Å²) in [6, 6.07) is 0. The van der Waals surface area contributed by atoms with Gasteiger partial charge >= 0.3 is 0 Å². The van der Waals surface area contributed by atoms with E-state index >= 15 is 0 Å². The zero-order chi connectivity index (χ0) is 15.7. The third kappa shape index (κ3) is 7.22. The van der Waals surface area contributed by atoms with Crippen LogP contribution in [0.3, 0.4) is 0 Å². The van der Waals surface area contributed by atoms with Crippen LogP contribution in [0.2, 0.25) is 0 Å². The molecule has 0 aromatic rings. The van der Waals surface area contributed by atoms with Crippen molar-refractivity contribution < 1.29 is 0 Å². The largest absolute Gasteiger partial charge is 0.315 e. The quantitative estimate of drug-likeness (QED) is 0.611. The number of hydrogen-bond donors (Lipinski definition) is 3. The Kier molecular flexibility index (Phi) is 8.79. The molecular formula is C16H33N3S3. The zero-order valence-corrected chi connectivity index (χ0v) is 16.7. The predicted molar refractivity (Wildman–Crippen MR) is 107 cm³/mol. The lowest BCUT2D eigenvalue weighted by Gasteiger charge is -2.33. The Hall–Kier alpha value is 0.930. The highest BCUT2D eigenvalue weighted by Gasteiger charge is 2.26. The maximum atomic E-state index is 3.69.